The first-order chi connectivity index (χ1) is 6.16. The molecule has 1 aliphatic rings. The number of carbonyl (C=O) groups excluding carboxylic acids is 1. The third-order valence-electron chi connectivity index (χ3n) is 2.97. The highest BCUT2D eigenvalue weighted by Crippen LogP contribution is 2.32. The van der Waals surface area contributed by atoms with E-state index in [2.05, 4.69) is 6.92 Å². The summed E-state index contributed by atoms with van der Waals surface area (Å²) in [5.74, 6) is 1.63. The zero-order valence-electron chi connectivity index (χ0n) is 8.42. The van der Waals surface area contributed by atoms with Crippen LogP contribution in [0.15, 0.2) is 0 Å². The van der Waals surface area contributed by atoms with Crippen LogP contribution in [0.2, 0.25) is 0 Å². The zero-order chi connectivity index (χ0) is 9.84. The Hall–Kier alpha value is -0.240. The van der Waals surface area contributed by atoms with Crippen molar-refractivity contribution in [1.82, 2.24) is 4.90 Å². The molecule has 1 rings (SSSR count). The van der Waals surface area contributed by atoms with Crippen LogP contribution in [0.4, 0.5) is 0 Å². The van der Waals surface area contributed by atoms with E-state index in [0.29, 0.717) is 18.3 Å². The molecule has 2 nitrogen and oxygen atoms in total. The van der Waals surface area contributed by atoms with Crippen LogP contribution in [0.3, 0.4) is 0 Å². The number of alkyl halides is 1. The third-order valence-corrected chi connectivity index (χ3v) is 3.14. The molecule has 76 valence electrons. The van der Waals surface area contributed by atoms with E-state index in [1.807, 2.05) is 7.05 Å². The molecule has 0 aromatic heterocycles. The molecular weight excluding hydrogens is 186 g/mol. The lowest BCUT2D eigenvalue weighted by Gasteiger charge is -2.22. The van der Waals surface area contributed by atoms with Crippen molar-refractivity contribution in [2.24, 2.45) is 11.8 Å². The molecule has 3 heteroatoms. The van der Waals surface area contributed by atoms with E-state index < -0.39 is 0 Å². The molecule has 2 unspecified atom stereocenters. The number of rotatable bonds is 3. The number of halogens is 1. The second-order valence-corrected chi connectivity index (χ2v) is 4.34. The summed E-state index contributed by atoms with van der Waals surface area (Å²) in [5.41, 5.74) is 0. The van der Waals surface area contributed by atoms with Gasteiger partial charge in [-0.15, -0.1) is 11.6 Å². The highest BCUT2D eigenvalue weighted by Gasteiger charge is 2.31. The maximum absolute atomic E-state index is 11.8. The van der Waals surface area contributed by atoms with Crippen molar-refractivity contribution in [2.75, 3.05) is 19.5 Å². The normalized spacial score (nSPS) is 27.6. The molecule has 0 spiro atoms. The summed E-state index contributed by atoms with van der Waals surface area (Å²) >= 11 is 5.59. The number of hydrogen-bond acceptors (Lipinski definition) is 1. The average molecular weight is 204 g/mol. The third kappa shape index (κ3) is 2.60. The maximum atomic E-state index is 11.8. The van der Waals surface area contributed by atoms with Gasteiger partial charge < -0.3 is 4.90 Å². The first-order valence-corrected chi connectivity index (χ1v) is 5.51. The van der Waals surface area contributed by atoms with Crippen LogP contribution in [0.1, 0.15) is 26.2 Å². The summed E-state index contributed by atoms with van der Waals surface area (Å²) < 4.78 is 0. The van der Waals surface area contributed by atoms with Gasteiger partial charge in [0.2, 0.25) is 5.91 Å². The van der Waals surface area contributed by atoms with E-state index in [0.717, 1.165) is 6.42 Å². The summed E-state index contributed by atoms with van der Waals surface area (Å²) in [6.07, 6.45) is 3.46. The fraction of sp³-hybridized carbons (Fsp3) is 0.900. The van der Waals surface area contributed by atoms with Crippen molar-refractivity contribution in [3.8, 4) is 0 Å². The molecule has 1 amide bonds. The Morgan fingerprint density at radius 2 is 2.23 bits per heavy atom. The van der Waals surface area contributed by atoms with Gasteiger partial charge in [-0.05, 0) is 18.8 Å². The summed E-state index contributed by atoms with van der Waals surface area (Å²) in [6, 6.07) is 0. The first-order valence-electron chi connectivity index (χ1n) is 4.97. The van der Waals surface area contributed by atoms with E-state index in [1.165, 1.54) is 12.8 Å². The number of hydrogen-bond donors (Lipinski definition) is 0. The Balaban J connectivity index is 2.46. The lowest BCUT2D eigenvalue weighted by atomic mass is 9.97. The van der Waals surface area contributed by atoms with Crippen molar-refractivity contribution in [1.29, 1.82) is 0 Å². The summed E-state index contributed by atoms with van der Waals surface area (Å²) in [7, 11) is 1.84. The van der Waals surface area contributed by atoms with Gasteiger partial charge in [-0.25, -0.2) is 0 Å². The van der Waals surface area contributed by atoms with Gasteiger partial charge >= 0.3 is 0 Å². The van der Waals surface area contributed by atoms with Crippen molar-refractivity contribution in [3.05, 3.63) is 0 Å². The zero-order valence-corrected chi connectivity index (χ0v) is 9.18. The lowest BCUT2D eigenvalue weighted by Crippen LogP contribution is -2.35. The van der Waals surface area contributed by atoms with Gasteiger partial charge in [0.15, 0.2) is 0 Å². The average Bonchev–Trinajstić information content (AvgIpc) is 2.50. The molecule has 1 aliphatic carbocycles. The molecular formula is C10H18ClNO. The van der Waals surface area contributed by atoms with Crippen molar-refractivity contribution >= 4 is 17.5 Å². The fourth-order valence-corrected chi connectivity index (χ4v) is 2.29. The molecule has 0 aliphatic heterocycles. The Kier molecular flexibility index (Phi) is 4.04. The molecule has 0 N–H and O–H groups in total. The Bertz CT molecular complexity index is 184. The molecule has 13 heavy (non-hydrogen) atoms. The van der Waals surface area contributed by atoms with E-state index >= 15 is 0 Å². The Labute approximate surface area is 85.2 Å². The highest BCUT2D eigenvalue weighted by molar-refractivity contribution is 6.18. The van der Waals surface area contributed by atoms with Gasteiger partial charge in [0.1, 0.15) is 0 Å². The van der Waals surface area contributed by atoms with Crippen LogP contribution < -0.4 is 0 Å². The summed E-state index contributed by atoms with van der Waals surface area (Å²) in [6.45, 7) is 2.84. The van der Waals surface area contributed by atoms with Crippen molar-refractivity contribution in [3.63, 3.8) is 0 Å². The van der Waals surface area contributed by atoms with E-state index in [-0.39, 0.29) is 11.8 Å². The largest absolute Gasteiger partial charge is 0.344 e. The molecule has 0 aromatic carbocycles. The van der Waals surface area contributed by atoms with Crippen LogP contribution in [-0.2, 0) is 4.79 Å². The lowest BCUT2D eigenvalue weighted by molar-refractivity contribution is -0.134. The fourth-order valence-electron chi connectivity index (χ4n) is 2.03. The summed E-state index contributed by atoms with van der Waals surface area (Å²) in [4.78, 5) is 13.6. The van der Waals surface area contributed by atoms with Crippen molar-refractivity contribution in [2.45, 2.75) is 26.2 Å². The van der Waals surface area contributed by atoms with Crippen LogP contribution in [0.25, 0.3) is 0 Å². The molecule has 0 bridgehead atoms. The molecule has 0 heterocycles. The Morgan fingerprint density at radius 1 is 1.54 bits per heavy atom. The molecule has 1 saturated carbocycles. The van der Waals surface area contributed by atoms with Crippen molar-refractivity contribution < 1.29 is 4.79 Å². The quantitative estimate of drug-likeness (QED) is 0.644. The second-order valence-electron chi connectivity index (χ2n) is 3.96. The SMILES string of the molecule is CC1CCCC1C(=O)N(C)CCCl. The van der Waals surface area contributed by atoms with E-state index in [4.69, 9.17) is 11.6 Å². The molecule has 0 aromatic rings. The first kappa shape index (κ1) is 10.8. The van der Waals surface area contributed by atoms with Crippen LogP contribution in [-0.4, -0.2) is 30.3 Å². The second kappa shape index (κ2) is 4.85. The standard InChI is InChI=1S/C10H18ClNO/c1-8-4-3-5-9(8)10(13)12(2)7-6-11/h8-9H,3-7H2,1-2H3. The predicted octanol–water partition coefficient (Wildman–Crippen LogP) is 2.12. The minimum absolute atomic E-state index is 0.258. The highest BCUT2D eigenvalue weighted by atomic mass is 35.5. The molecule has 1 fully saturated rings. The van der Waals surface area contributed by atoms with Gasteiger partial charge in [0, 0.05) is 25.4 Å². The van der Waals surface area contributed by atoms with Crippen LogP contribution in [0, 0.1) is 11.8 Å². The van der Waals surface area contributed by atoms with Gasteiger partial charge in [0.05, 0.1) is 0 Å². The Morgan fingerprint density at radius 3 is 2.69 bits per heavy atom. The number of nitrogens with zero attached hydrogens (tertiary/aromatic N) is 1. The smallest absolute Gasteiger partial charge is 0.225 e. The minimum Gasteiger partial charge on any atom is -0.344 e. The summed E-state index contributed by atoms with van der Waals surface area (Å²) in [5, 5.41) is 0. The van der Waals surface area contributed by atoms with Crippen LogP contribution >= 0.6 is 11.6 Å². The predicted molar refractivity (Wildman–Crippen MR) is 54.9 cm³/mol. The maximum Gasteiger partial charge on any atom is 0.225 e. The van der Waals surface area contributed by atoms with E-state index in [9.17, 15) is 4.79 Å². The topological polar surface area (TPSA) is 20.3 Å². The number of carbonyl (C=O) groups is 1. The monoisotopic (exact) mass is 203 g/mol. The van der Waals surface area contributed by atoms with Gasteiger partial charge in [0.25, 0.3) is 0 Å². The van der Waals surface area contributed by atoms with E-state index in [1.54, 1.807) is 4.90 Å². The molecule has 0 saturated heterocycles. The minimum atomic E-state index is 0.258. The van der Waals surface area contributed by atoms with Gasteiger partial charge in [-0.2, -0.15) is 0 Å². The molecule has 0 radical (unpaired) electrons. The molecule has 2 atom stereocenters. The van der Waals surface area contributed by atoms with Crippen LogP contribution in [0.5, 0.6) is 0 Å². The number of amides is 1. The van der Waals surface area contributed by atoms with Gasteiger partial charge in [-0.1, -0.05) is 13.3 Å². The van der Waals surface area contributed by atoms with Gasteiger partial charge in [-0.3, -0.25) is 4.79 Å².